The summed E-state index contributed by atoms with van der Waals surface area (Å²) >= 11 is 1.63. The van der Waals surface area contributed by atoms with Crippen molar-refractivity contribution in [3.8, 4) is 0 Å². The van der Waals surface area contributed by atoms with Crippen LogP contribution in [0.5, 0.6) is 0 Å². The van der Waals surface area contributed by atoms with E-state index in [4.69, 9.17) is 4.74 Å². The number of likely N-dealkylation sites (N-methyl/N-ethyl adjacent to an activating group) is 1. The number of carbonyl (C=O) groups is 3. The quantitative estimate of drug-likeness (QED) is 0.175. The molecule has 10 heteroatoms. The number of benzene rings is 3. The molecule has 3 aromatic carbocycles. The fraction of sp³-hybridized carbons (Fsp3) is 0.382. The number of aliphatic carboxylic acids is 1. The van der Waals surface area contributed by atoms with E-state index in [1.165, 1.54) is 0 Å². The van der Waals surface area contributed by atoms with Gasteiger partial charge in [-0.3, -0.25) is 19.3 Å². The lowest BCUT2D eigenvalue weighted by atomic mass is 9.78. The van der Waals surface area contributed by atoms with Crippen LogP contribution in [-0.4, -0.2) is 66.2 Å². The number of ether oxygens (including phenoxy) is 1. The predicted octanol–water partition coefficient (Wildman–Crippen LogP) is 5.46. The molecule has 2 heterocycles. The van der Waals surface area contributed by atoms with Gasteiger partial charge in [0.25, 0.3) is 5.91 Å². The van der Waals surface area contributed by atoms with Crippen molar-refractivity contribution in [1.82, 2.24) is 15.5 Å². The lowest BCUT2D eigenvalue weighted by Gasteiger charge is -2.46. The van der Waals surface area contributed by atoms with E-state index in [1.54, 1.807) is 42.9 Å². The normalized spacial score (nSPS) is 18.4. The highest BCUT2D eigenvalue weighted by atomic mass is 32.2. The molecule has 0 saturated carbocycles. The highest BCUT2D eigenvalue weighted by molar-refractivity contribution is 7.99. The maximum atomic E-state index is 14.1. The molecule has 2 aliphatic heterocycles. The highest BCUT2D eigenvalue weighted by Gasteiger charge is 2.57. The summed E-state index contributed by atoms with van der Waals surface area (Å²) in [4.78, 5) is 44.7. The monoisotopic (exact) mass is 616 g/mol. The summed E-state index contributed by atoms with van der Waals surface area (Å²) < 4.78 is 5.99. The number of anilines is 2. The average molecular weight is 617 g/mol. The first-order valence-corrected chi connectivity index (χ1v) is 15.8. The number of carboxylic acid groups (broad SMARTS) is 1. The average Bonchev–Trinajstić information content (AvgIpc) is 3.54. The Bertz CT molecular complexity index is 1510. The van der Waals surface area contributed by atoms with Gasteiger partial charge in [0.2, 0.25) is 5.91 Å². The molecule has 1 unspecified atom stereocenters. The van der Waals surface area contributed by atoms with E-state index in [0.717, 1.165) is 27.6 Å². The second-order valence-corrected chi connectivity index (χ2v) is 13.1. The Labute approximate surface area is 262 Å². The number of carboxylic acids is 1. The van der Waals surface area contributed by atoms with Crippen molar-refractivity contribution in [2.75, 3.05) is 26.0 Å². The molecular weight excluding hydrogens is 576 g/mol. The zero-order chi connectivity index (χ0) is 31.4. The van der Waals surface area contributed by atoms with Crippen LogP contribution >= 0.6 is 11.8 Å². The number of para-hydroxylation sites is 1. The van der Waals surface area contributed by atoms with Crippen LogP contribution in [0.4, 0.5) is 11.4 Å². The van der Waals surface area contributed by atoms with E-state index in [9.17, 15) is 19.5 Å². The molecule has 2 amide bonds. The molecule has 232 valence electrons. The molecule has 1 saturated heterocycles. The molecule has 0 aromatic heterocycles. The van der Waals surface area contributed by atoms with Gasteiger partial charge in [0, 0.05) is 22.0 Å². The number of hydrogen-bond donors (Lipinski definition) is 4. The molecule has 44 heavy (non-hydrogen) atoms. The Morgan fingerprint density at radius 3 is 2.36 bits per heavy atom. The lowest BCUT2D eigenvalue weighted by molar-refractivity contribution is -0.163. The zero-order valence-electron chi connectivity index (χ0n) is 25.5. The Kier molecular flexibility index (Phi) is 9.62. The summed E-state index contributed by atoms with van der Waals surface area (Å²) in [5.41, 5.74) is 1.27. The molecule has 5 rings (SSSR count). The molecular formula is C34H40N4O5S. The molecule has 1 fully saturated rings. The molecule has 0 aliphatic carbocycles. The maximum Gasteiger partial charge on any atom is 0.329 e. The molecule has 9 nitrogen and oxygen atoms in total. The minimum Gasteiger partial charge on any atom is -0.480 e. The van der Waals surface area contributed by atoms with Crippen molar-refractivity contribution in [3.63, 3.8) is 0 Å². The van der Waals surface area contributed by atoms with Gasteiger partial charge in [-0.2, -0.15) is 0 Å². The maximum absolute atomic E-state index is 14.1. The van der Waals surface area contributed by atoms with Crippen molar-refractivity contribution in [2.24, 2.45) is 5.92 Å². The van der Waals surface area contributed by atoms with Gasteiger partial charge in [-0.05, 0) is 75.2 Å². The second-order valence-electron chi connectivity index (χ2n) is 12.0. The van der Waals surface area contributed by atoms with Crippen molar-refractivity contribution in [1.29, 1.82) is 0 Å². The van der Waals surface area contributed by atoms with Crippen molar-refractivity contribution >= 4 is 40.9 Å². The van der Waals surface area contributed by atoms with Crippen LogP contribution in [0.15, 0.2) is 82.6 Å². The van der Waals surface area contributed by atoms with Gasteiger partial charge in [-0.25, -0.2) is 0 Å². The Balaban J connectivity index is 1.43. The summed E-state index contributed by atoms with van der Waals surface area (Å²) in [7, 11) is 3.40. The van der Waals surface area contributed by atoms with E-state index in [0.29, 0.717) is 30.6 Å². The third kappa shape index (κ3) is 6.33. The summed E-state index contributed by atoms with van der Waals surface area (Å²) in [6.45, 7) is 4.41. The van der Waals surface area contributed by atoms with Crippen LogP contribution in [0.2, 0.25) is 0 Å². The predicted molar refractivity (Wildman–Crippen MR) is 171 cm³/mol. The Hall–Kier alpha value is -3.86. The van der Waals surface area contributed by atoms with Crippen molar-refractivity contribution in [3.05, 3.63) is 83.9 Å². The number of rotatable bonds is 11. The van der Waals surface area contributed by atoms with E-state index in [-0.39, 0.29) is 11.8 Å². The first-order valence-electron chi connectivity index (χ1n) is 15.0. The third-order valence-corrected chi connectivity index (χ3v) is 9.46. The van der Waals surface area contributed by atoms with Gasteiger partial charge in [-0.1, -0.05) is 68.1 Å². The van der Waals surface area contributed by atoms with Crippen LogP contribution < -0.4 is 16.0 Å². The van der Waals surface area contributed by atoms with Crippen molar-refractivity contribution in [2.45, 2.75) is 66.6 Å². The Morgan fingerprint density at radius 1 is 1.00 bits per heavy atom. The standard InChI is InChI=1S/C34H40N4O5S/c1-21(2)19-26(36-31(39)23-16-17-28-25(20-23)35-24-13-8-9-14-27(24)44-28)32(40)37-30(22-11-6-5-7-12-22)34(33(41)42,38(3)4)29-15-10-18-43-29/h5-9,11-14,16-17,20-21,26,29-30,35H,10,15,18-19H2,1-4H3,(H,36,39)(H,37,40)(H,41,42)/t26-,29?,30-,34+/m0/s1. The first-order chi connectivity index (χ1) is 21.1. The largest absolute Gasteiger partial charge is 0.480 e. The number of nitrogens with one attached hydrogen (secondary N) is 3. The molecule has 4 atom stereocenters. The molecule has 3 aromatic rings. The minimum absolute atomic E-state index is 0.0792. The second kappa shape index (κ2) is 13.4. The zero-order valence-corrected chi connectivity index (χ0v) is 26.3. The highest BCUT2D eigenvalue weighted by Crippen LogP contribution is 2.44. The summed E-state index contributed by atoms with van der Waals surface area (Å²) in [5.74, 6) is -1.84. The number of hydrogen-bond acceptors (Lipinski definition) is 7. The van der Waals surface area contributed by atoms with Crippen LogP contribution in [0.3, 0.4) is 0 Å². The van der Waals surface area contributed by atoms with Crippen LogP contribution in [0.25, 0.3) is 0 Å². The third-order valence-electron chi connectivity index (χ3n) is 8.31. The van der Waals surface area contributed by atoms with Gasteiger partial charge in [-0.15, -0.1) is 0 Å². The molecule has 0 bridgehead atoms. The topological polar surface area (TPSA) is 120 Å². The number of fused-ring (bicyclic) bond motifs is 2. The Morgan fingerprint density at radius 2 is 1.70 bits per heavy atom. The van der Waals surface area contributed by atoms with Crippen LogP contribution in [-0.2, 0) is 14.3 Å². The first kappa shape index (κ1) is 31.6. The molecule has 2 aliphatic rings. The van der Waals surface area contributed by atoms with Crippen LogP contribution in [0.1, 0.15) is 55.1 Å². The van der Waals surface area contributed by atoms with Crippen LogP contribution in [0, 0.1) is 5.92 Å². The molecule has 4 N–H and O–H groups in total. The van der Waals surface area contributed by atoms with E-state index in [1.807, 2.05) is 74.5 Å². The van der Waals surface area contributed by atoms with Gasteiger partial charge < -0.3 is 25.8 Å². The van der Waals surface area contributed by atoms with E-state index in [2.05, 4.69) is 16.0 Å². The summed E-state index contributed by atoms with van der Waals surface area (Å²) in [6.07, 6.45) is 0.998. The van der Waals surface area contributed by atoms with Gasteiger partial charge in [0.15, 0.2) is 5.54 Å². The number of amides is 2. The number of carbonyl (C=O) groups excluding carboxylic acids is 2. The minimum atomic E-state index is -1.59. The van der Waals surface area contributed by atoms with Gasteiger partial charge >= 0.3 is 5.97 Å². The fourth-order valence-corrected chi connectivity index (χ4v) is 7.14. The lowest BCUT2D eigenvalue weighted by Crippen LogP contribution is -2.67. The molecule has 0 spiro atoms. The van der Waals surface area contributed by atoms with Crippen molar-refractivity contribution < 1.29 is 24.2 Å². The van der Waals surface area contributed by atoms with Gasteiger partial charge in [0.1, 0.15) is 6.04 Å². The summed E-state index contributed by atoms with van der Waals surface area (Å²) in [6, 6.07) is 20.7. The fourth-order valence-electron chi connectivity index (χ4n) is 6.17. The van der Waals surface area contributed by atoms with E-state index < -0.39 is 35.6 Å². The number of nitrogens with zero attached hydrogens (tertiary/aromatic N) is 1. The van der Waals surface area contributed by atoms with Gasteiger partial charge in [0.05, 0.1) is 23.5 Å². The SMILES string of the molecule is CC(C)C[C@H](NC(=O)c1ccc2c(c1)Nc1ccccc1S2)C(=O)N[C@@H](c1ccccc1)[C@@](C(=O)O)(C1CCCO1)N(C)C. The smallest absolute Gasteiger partial charge is 0.329 e. The summed E-state index contributed by atoms with van der Waals surface area (Å²) in [5, 5.41) is 20.2. The van der Waals surface area contributed by atoms with E-state index >= 15 is 0 Å². The molecule has 0 radical (unpaired) electrons.